The fourth-order valence-corrected chi connectivity index (χ4v) is 4.72. The minimum absolute atomic E-state index is 0.0187. The molecule has 0 unspecified atom stereocenters. The van der Waals surface area contributed by atoms with Crippen molar-refractivity contribution in [1.82, 2.24) is 15.2 Å². The molecule has 1 N–H and O–H groups in total. The fourth-order valence-electron chi connectivity index (χ4n) is 4.72. The van der Waals surface area contributed by atoms with Crippen LogP contribution in [0.15, 0.2) is 77.2 Å². The minimum atomic E-state index is -0.294. The highest BCUT2D eigenvalue weighted by atomic mass is 19.1. The van der Waals surface area contributed by atoms with Crippen molar-refractivity contribution in [2.24, 2.45) is 11.8 Å². The standard InChI is InChI=1S/C29H28FN3O3/c1-19(27(34)31-18-20-7-10-24(30)11-8-20)21-13-15-33(16-14-21)29(35)23-9-12-26-25(17-23)32-28(36-26)22-5-3-2-4-6-22/h2-12,17,19,21H,13-16,18H2,1H3,(H,31,34)/t19-/m1/s1. The van der Waals surface area contributed by atoms with Crippen LogP contribution in [0.2, 0.25) is 0 Å². The number of nitrogens with zero attached hydrogens (tertiary/aromatic N) is 2. The number of hydrogen-bond acceptors (Lipinski definition) is 4. The van der Waals surface area contributed by atoms with Gasteiger partial charge in [0.1, 0.15) is 11.3 Å². The quantitative estimate of drug-likeness (QED) is 0.395. The Hall–Kier alpha value is -4.00. The Labute approximate surface area is 209 Å². The van der Waals surface area contributed by atoms with Gasteiger partial charge in [-0.05, 0) is 66.8 Å². The molecule has 0 aliphatic carbocycles. The number of piperidine rings is 1. The molecule has 184 valence electrons. The van der Waals surface area contributed by atoms with Crippen LogP contribution in [0.3, 0.4) is 0 Å². The van der Waals surface area contributed by atoms with Crippen molar-refractivity contribution < 1.29 is 18.4 Å². The topological polar surface area (TPSA) is 75.4 Å². The molecule has 6 nitrogen and oxygen atoms in total. The summed E-state index contributed by atoms with van der Waals surface area (Å²) in [5, 5.41) is 2.95. The first kappa shape index (κ1) is 23.7. The van der Waals surface area contributed by atoms with E-state index in [0.717, 1.165) is 24.0 Å². The summed E-state index contributed by atoms with van der Waals surface area (Å²) in [5.41, 5.74) is 3.63. The van der Waals surface area contributed by atoms with E-state index in [1.807, 2.05) is 42.2 Å². The number of carbonyl (C=O) groups excluding carboxylic acids is 2. The molecule has 1 aromatic heterocycles. The second-order valence-electron chi connectivity index (χ2n) is 9.33. The number of hydrogen-bond donors (Lipinski definition) is 1. The molecule has 5 rings (SSSR count). The Morgan fingerprint density at radius 3 is 2.50 bits per heavy atom. The van der Waals surface area contributed by atoms with E-state index >= 15 is 0 Å². The number of aromatic nitrogens is 1. The number of benzene rings is 3. The summed E-state index contributed by atoms with van der Waals surface area (Å²) in [6.45, 7) is 3.51. The van der Waals surface area contributed by atoms with Gasteiger partial charge in [-0.2, -0.15) is 0 Å². The summed E-state index contributed by atoms with van der Waals surface area (Å²) in [5.74, 6) is 0.225. The van der Waals surface area contributed by atoms with Crippen molar-refractivity contribution in [1.29, 1.82) is 0 Å². The molecule has 0 saturated carbocycles. The Balaban J connectivity index is 1.17. The summed E-state index contributed by atoms with van der Waals surface area (Å²) in [7, 11) is 0. The van der Waals surface area contributed by atoms with Gasteiger partial charge < -0.3 is 14.6 Å². The van der Waals surface area contributed by atoms with Crippen LogP contribution in [-0.4, -0.2) is 34.8 Å². The number of amides is 2. The zero-order valence-electron chi connectivity index (χ0n) is 20.1. The Morgan fingerprint density at radius 2 is 1.78 bits per heavy atom. The van der Waals surface area contributed by atoms with E-state index in [1.54, 1.807) is 30.3 Å². The molecule has 0 spiro atoms. The Bertz CT molecular complexity index is 1360. The molecule has 1 aliphatic rings. The number of oxazole rings is 1. The van der Waals surface area contributed by atoms with Crippen LogP contribution in [0.5, 0.6) is 0 Å². The van der Waals surface area contributed by atoms with Gasteiger partial charge in [-0.1, -0.05) is 37.3 Å². The van der Waals surface area contributed by atoms with Gasteiger partial charge in [0.05, 0.1) is 0 Å². The Morgan fingerprint density at radius 1 is 1.06 bits per heavy atom. The first-order valence-electron chi connectivity index (χ1n) is 12.3. The third kappa shape index (κ3) is 5.15. The van der Waals surface area contributed by atoms with E-state index < -0.39 is 0 Å². The van der Waals surface area contributed by atoms with Crippen molar-refractivity contribution in [2.45, 2.75) is 26.3 Å². The van der Waals surface area contributed by atoms with Crippen molar-refractivity contribution in [3.63, 3.8) is 0 Å². The highest BCUT2D eigenvalue weighted by molar-refractivity contribution is 5.97. The van der Waals surface area contributed by atoms with Gasteiger partial charge >= 0.3 is 0 Å². The van der Waals surface area contributed by atoms with Crippen LogP contribution in [0, 0.1) is 17.7 Å². The molecule has 3 aromatic carbocycles. The van der Waals surface area contributed by atoms with Crippen LogP contribution < -0.4 is 5.32 Å². The monoisotopic (exact) mass is 485 g/mol. The number of halogens is 1. The zero-order chi connectivity index (χ0) is 25.1. The smallest absolute Gasteiger partial charge is 0.253 e. The second kappa shape index (κ2) is 10.3. The number of nitrogens with one attached hydrogen (secondary N) is 1. The van der Waals surface area contributed by atoms with Crippen LogP contribution >= 0.6 is 0 Å². The lowest BCUT2D eigenvalue weighted by atomic mass is 9.84. The molecule has 2 amide bonds. The van der Waals surface area contributed by atoms with Crippen molar-refractivity contribution in [3.8, 4) is 11.5 Å². The molecule has 1 saturated heterocycles. The van der Waals surface area contributed by atoms with E-state index in [4.69, 9.17) is 4.42 Å². The average Bonchev–Trinajstić information content (AvgIpc) is 3.36. The molecule has 0 radical (unpaired) electrons. The Kier molecular flexibility index (Phi) is 6.80. The SMILES string of the molecule is C[C@@H](C(=O)NCc1ccc(F)cc1)C1CCN(C(=O)c2ccc3oc(-c4ccccc4)nc3c2)CC1. The minimum Gasteiger partial charge on any atom is -0.436 e. The van der Waals surface area contributed by atoms with Crippen molar-refractivity contribution in [2.75, 3.05) is 13.1 Å². The third-order valence-corrected chi connectivity index (χ3v) is 6.98. The van der Waals surface area contributed by atoms with Crippen molar-refractivity contribution >= 4 is 22.9 Å². The third-order valence-electron chi connectivity index (χ3n) is 6.98. The zero-order valence-corrected chi connectivity index (χ0v) is 20.1. The second-order valence-corrected chi connectivity index (χ2v) is 9.33. The molecule has 1 fully saturated rings. The number of rotatable bonds is 6. The highest BCUT2D eigenvalue weighted by Gasteiger charge is 2.30. The molecule has 36 heavy (non-hydrogen) atoms. The molecule has 4 aromatic rings. The first-order valence-corrected chi connectivity index (χ1v) is 12.3. The summed E-state index contributed by atoms with van der Waals surface area (Å²) in [6.07, 6.45) is 1.53. The maximum atomic E-state index is 13.2. The number of likely N-dealkylation sites (tertiary alicyclic amines) is 1. The van der Waals surface area contributed by atoms with Crippen molar-refractivity contribution in [3.05, 3.63) is 89.7 Å². The first-order chi connectivity index (χ1) is 17.5. The average molecular weight is 486 g/mol. The van der Waals surface area contributed by atoms with Gasteiger partial charge in [-0.3, -0.25) is 9.59 Å². The summed E-state index contributed by atoms with van der Waals surface area (Å²) < 4.78 is 18.9. The molecular formula is C29H28FN3O3. The van der Waals surface area contributed by atoms with E-state index in [9.17, 15) is 14.0 Å². The van der Waals surface area contributed by atoms with Gasteiger partial charge in [0.15, 0.2) is 5.58 Å². The summed E-state index contributed by atoms with van der Waals surface area (Å²) in [4.78, 5) is 32.3. The van der Waals surface area contributed by atoms with Gasteiger partial charge in [0.2, 0.25) is 11.8 Å². The van der Waals surface area contributed by atoms with E-state index in [1.165, 1.54) is 12.1 Å². The molecule has 7 heteroatoms. The number of carbonyl (C=O) groups is 2. The number of fused-ring (bicyclic) bond motifs is 1. The van der Waals surface area contributed by atoms with Gasteiger partial charge in [0, 0.05) is 36.7 Å². The van der Waals surface area contributed by atoms with E-state index in [-0.39, 0.29) is 29.5 Å². The lowest BCUT2D eigenvalue weighted by Gasteiger charge is -2.34. The normalized spacial score (nSPS) is 15.1. The lowest BCUT2D eigenvalue weighted by Crippen LogP contribution is -2.42. The predicted molar refractivity (Wildman–Crippen MR) is 135 cm³/mol. The molecule has 1 aliphatic heterocycles. The van der Waals surface area contributed by atoms with E-state index in [2.05, 4.69) is 10.3 Å². The van der Waals surface area contributed by atoms with Crippen LogP contribution in [0.1, 0.15) is 35.7 Å². The molecular weight excluding hydrogens is 457 g/mol. The summed E-state index contributed by atoms with van der Waals surface area (Å²) >= 11 is 0. The highest BCUT2D eigenvalue weighted by Crippen LogP contribution is 2.28. The van der Waals surface area contributed by atoms with Crippen LogP contribution in [0.4, 0.5) is 4.39 Å². The lowest BCUT2D eigenvalue weighted by molar-refractivity contribution is -0.126. The molecule has 2 heterocycles. The van der Waals surface area contributed by atoms with Crippen LogP contribution in [-0.2, 0) is 11.3 Å². The predicted octanol–water partition coefficient (Wildman–Crippen LogP) is 5.44. The fraction of sp³-hybridized carbons (Fsp3) is 0.276. The molecule has 1 atom stereocenters. The van der Waals surface area contributed by atoms with Gasteiger partial charge in [-0.15, -0.1) is 0 Å². The maximum absolute atomic E-state index is 13.2. The van der Waals surface area contributed by atoms with Gasteiger partial charge in [-0.25, -0.2) is 9.37 Å². The van der Waals surface area contributed by atoms with Gasteiger partial charge in [0.25, 0.3) is 5.91 Å². The maximum Gasteiger partial charge on any atom is 0.253 e. The summed E-state index contributed by atoms with van der Waals surface area (Å²) in [6, 6.07) is 21.1. The van der Waals surface area contributed by atoms with E-state index in [0.29, 0.717) is 42.2 Å². The molecule has 0 bridgehead atoms. The van der Waals surface area contributed by atoms with Crippen LogP contribution in [0.25, 0.3) is 22.6 Å². The largest absolute Gasteiger partial charge is 0.436 e.